The van der Waals surface area contributed by atoms with Gasteiger partial charge in [0.15, 0.2) is 0 Å². The normalized spacial score (nSPS) is 11.1. The highest BCUT2D eigenvalue weighted by Crippen LogP contribution is 2.23. The fraction of sp³-hybridized carbons (Fsp3) is 0.385. The Morgan fingerprint density at radius 3 is 3.00 bits per heavy atom. The number of nitriles is 1. The van der Waals surface area contributed by atoms with Crippen molar-refractivity contribution in [2.75, 3.05) is 19.8 Å². The Morgan fingerprint density at radius 1 is 1.63 bits per heavy atom. The summed E-state index contributed by atoms with van der Waals surface area (Å²) in [6.45, 7) is 3.71. The van der Waals surface area contributed by atoms with Crippen LogP contribution in [0.15, 0.2) is 21.5 Å². The molecule has 4 nitrogen and oxygen atoms in total. The molecule has 0 saturated heterocycles. The lowest BCUT2D eigenvalue weighted by Gasteiger charge is -2.04. The minimum Gasteiger partial charge on any atom is -0.382 e. The fourth-order valence-corrected chi connectivity index (χ4v) is 2.68. The van der Waals surface area contributed by atoms with Gasteiger partial charge in [-0.25, -0.2) is 0 Å². The molecule has 6 heteroatoms. The molecule has 1 amide bonds. The molecule has 1 aromatic rings. The summed E-state index contributed by atoms with van der Waals surface area (Å²) < 4.78 is 6.13. The molecule has 0 aliphatic carbocycles. The molecule has 1 rings (SSSR count). The quantitative estimate of drug-likeness (QED) is 0.470. The number of ether oxygens (including phenoxy) is 1. The van der Waals surface area contributed by atoms with E-state index < -0.39 is 0 Å². The lowest BCUT2D eigenvalue weighted by Crippen LogP contribution is -2.26. The number of halogens is 1. The molecule has 0 unspecified atom stereocenters. The van der Waals surface area contributed by atoms with Gasteiger partial charge in [-0.2, -0.15) is 5.26 Å². The molecule has 0 spiro atoms. The van der Waals surface area contributed by atoms with Crippen molar-refractivity contribution >= 4 is 39.2 Å². The van der Waals surface area contributed by atoms with Crippen LogP contribution in [0.2, 0.25) is 0 Å². The summed E-state index contributed by atoms with van der Waals surface area (Å²) in [5.41, 5.74) is 0.116. The maximum Gasteiger partial charge on any atom is 0.261 e. The molecule has 102 valence electrons. The molecule has 0 aliphatic heterocycles. The van der Waals surface area contributed by atoms with E-state index in [4.69, 9.17) is 10.00 Å². The van der Waals surface area contributed by atoms with Gasteiger partial charge in [-0.1, -0.05) is 0 Å². The Balaban J connectivity index is 2.49. The van der Waals surface area contributed by atoms with Crippen molar-refractivity contribution in [3.05, 3.63) is 26.4 Å². The first-order valence-corrected chi connectivity index (χ1v) is 7.51. The van der Waals surface area contributed by atoms with Gasteiger partial charge in [0, 0.05) is 24.6 Å². The van der Waals surface area contributed by atoms with Crippen LogP contribution in [0.25, 0.3) is 6.08 Å². The van der Waals surface area contributed by atoms with Crippen molar-refractivity contribution in [1.29, 1.82) is 5.26 Å². The molecule has 0 aromatic carbocycles. The first-order valence-electron chi connectivity index (χ1n) is 5.90. The molecule has 19 heavy (non-hydrogen) atoms. The third-order valence-electron chi connectivity index (χ3n) is 2.20. The molecule has 0 saturated carbocycles. The highest BCUT2D eigenvalue weighted by atomic mass is 79.9. The van der Waals surface area contributed by atoms with Crippen molar-refractivity contribution in [2.24, 2.45) is 0 Å². The molecule has 0 bridgehead atoms. The molecule has 0 atom stereocenters. The number of hydrogen-bond donors (Lipinski definition) is 1. The summed E-state index contributed by atoms with van der Waals surface area (Å²) in [4.78, 5) is 12.6. The van der Waals surface area contributed by atoms with Crippen molar-refractivity contribution < 1.29 is 9.53 Å². The number of thiophene rings is 1. The largest absolute Gasteiger partial charge is 0.382 e. The number of nitrogens with zero attached hydrogens (tertiary/aromatic N) is 1. The highest BCUT2D eigenvalue weighted by Gasteiger charge is 2.08. The summed E-state index contributed by atoms with van der Waals surface area (Å²) in [7, 11) is 0. The third-order valence-corrected chi connectivity index (χ3v) is 3.77. The van der Waals surface area contributed by atoms with E-state index in [1.165, 1.54) is 11.3 Å². The monoisotopic (exact) mass is 342 g/mol. The fourth-order valence-electron chi connectivity index (χ4n) is 1.31. The lowest BCUT2D eigenvalue weighted by molar-refractivity contribution is -0.117. The zero-order chi connectivity index (χ0) is 14.1. The molecule has 1 aromatic heterocycles. The Morgan fingerprint density at radius 2 is 2.42 bits per heavy atom. The second-order valence-corrected chi connectivity index (χ2v) is 6.11. The summed E-state index contributed by atoms with van der Waals surface area (Å²) in [6.07, 6.45) is 2.33. The van der Waals surface area contributed by atoms with Crippen LogP contribution in [0.5, 0.6) is 0 Å². The second-order valence-electron chi connectivity index (χ2n) is 3.62. The SMILES string of the molecule is CCOCCCNC(=O)/C(C#N)=C/c1ccc(Br)s1. The minimum atomic E-state index is -0.344. The van der Waals surface area contributed by atoms with E-state index >= 15 is 0 Å². The number of rotatable bonds is 7. The first-order chi connectivity index (χ1) is 9.17. The zero-order valence-corrected chi connectivity index (χ0v) is 13.0. The number of carbonyl (C=O) groups is 1. The predicted molar refractivity (Wildman–Crippen MR) is 79.7 cm³/mol. The van der Waals surface area contributed by atoms with E-state index in [2.05, 4.69) is 21.2 Å². The number of hydrogen-bond acceptors (Lipinski definition) is 4. The van der Waals surface area contributed by atoms with E-state index in [9.17, 15) is 4.79 Å². The smallest absolute Gasteiger partial charge is 0.261 e. The van der Waals surface area contributed by atoms with E-state index in [1.54, 1.807) is 6.08 Å². The Hall–Kier alpha value is -1.16. The molecule has 0 aliphatic rings. The van der Waals surface area contributed by atoms with Crippen LogP contribution >= 0.6 is 27.3 Å². The van der Waals surface area contributed by atoms with Gasteiger partial charge in [-0.05, 0) is 47.5 Å². The zero-order valence-electron chi connectivity index (χ0n) is 10.6. The Labute approximate surface area is 125 Å². The molecular formula is C13H15BrN2O2S. The van der Waals surface area contributed by atoms with Crippen LogP contribution < -0.4 is 5.32 Å². The van der Waals surface area contributed by atoms with E-state index in [0.717, 1.165) is 15.1 Å². The molecule has 1 heterocycles. The maximum absolute atomic E-state index is 11.8. The van der Waals surface area contributed by atoms with Crippen LogP contribution in [0, 0.1) is 11.3 Å². The van der Waals surface area contributed by atoms with Crippen molar-refractivity contribution in [1.82, 2.24) is 5.32 Å². The van der Waals surface area contributed by atoms with Gasteiger partial charge >= 0.3 is 0 Å². The molecule has 0 fully saturated rings. The summed E-state index contributed by atoms with van der Waals surface area (Å²) in [5, 5.41) is 11.7. The van der Waals surface area contributed by atoms with Crippen molar-refractivity contribution in [3.63, 3.8) is 0 Å². The second kappa shape index (κ2) is 8.86. The highest BCUT2D eigenvalue weighted by molar-refractivity contribution is 9.11. The molecule has 1 N–H and O–H groups in total. The van der Waals surface area contributed by atoms with E-state index in [1.807, 2.05) is 25.1 Å². The number of amides is 1. The van der Waals surface area contributed by atoms with Gasteiger partial charge in [0.05, 0.1) is 3.79 Å². The van der Waals surface area contributed by atoms with E-state index in [-0.39, 0.29) is 11.5 Å². The lowest BCUT2D eigenvalue weighted by atomic mass is 10.2. The van der Waals surface area contributed by atoms with Gasteiger partial charge in [0.25, 0.3) is 5.91 Å². The Bertz CT molecular complexity index is 491. The first kappa shape index (κ1) is 15.9. The number of nitrogens with one attached hydrogen (secondary N) is 1. The van der Waals surface area contributed by atoms with E-state index in [0.29, 0.717) is 19.8 Å². The average molecular weight is 343 g/mol. The van der Waals surface area contributed by atoms with Crippen LogP contribution in [0.4, 0.5) is 0 Å². The maximum atomic E-state index is 11.8. The van der Waals surface area contributed by atoms with Gasteiger partial charge < -0.3 is 10.1 Å². The summed E-state index contributed by atoms with van der Waals surface area (Å²) in [6, 6.07) is 5.66. The number of carbonyl (C=O) groups excluding carboxylic acids is 1. The minimum absolute atomic E-state index is 0.116. The average Bonchev–Trinajstić information content (AvgIpc) is 2.81. The standard InChI is InChI=1S/C13H15BrN2O2S/c1-2-18-7-3-6-16-13(17)10(9-15)8-11-4-5-12(14)19-11/h4-5,8H,2-3,6-7H2,1H3,(H,16,17)/b10-8+. The third kappa shape index (κ3) is 6.01. The van der Waals surface area contributed by atoms with Crippen LogP contribution in [0.1, 0.15) is 18.2 Å². The molecule has 0 radical (unpaired) electrons. The van der Waals surface area contributed by atoms with Gasteiger partial charge in [-0.3, -0.25) is 4.79 Å². The van der Waals surface area contributed by atoms with Crippen LogP contribution in [0.3, 0.4) is 0 Å². The topological polar surface area (TPSA) is 62.1 Å². The molecular weight excluding hydrogens is 328 g/mol. The van der Waals surface area contributed by atoms with Crippen LogP contribution in [-0.4, -0.2) is 25.7 Å². The van der Waals surface area contributed by atoms with Crippen molar-refractivity contribution in [2.45, 2.75) is 13.3 Å². The predicted octanol–water partition coefficient (Wildman–Crippen LogP) is 2.96. The Kier molecular flexibility index (Phi) is 7.41. The van der Waals surface area contributed by atoms with Gasteiger partial charge in [0.1, 0.15) is 11.6 Å². The summed E-state index contributed by atoms with van der Waals surface area (Å²) >= 11 is 4.81. The van der Waals surface area contributed by atoms with Gasteiger partial charge in [0.2, 0.25) is 0 Å². The van der Waals surface area contributed by atoms with Crippen LogP contribution in [-0.2, 0) is 9.53 Å². The van der Waals surface area contributed by atoms with Crippen molar-refractivity contribution in [3.8, 4) is 6.07 Å². The summed E-state index contributed by atoms with van der Waals surface area (Å²) in [5.74, 6) is -0.344. The van der Waals surface area contributed by atoms with Gasteiger partial charge in [-0.15, -0.1) is 11.3 Å².